The van der Waals surface area contributed by atoms with Crippen molar-refractivity contribution < 1.29 is 13.5 Å². The van der Waals surface area contributed by atoms with E-state index in [1.54, 1.807) is 18.2 Å². The number of hydrogen-bond acceptors (Lipinski definition) is 1. The van der Waals surface area contributed by atoms with Crippen molar-refractivity contribution in [3.8, 4) is 5.75 Å². The van der Waals surface area contributed by atoms with Crippen LogP contribution < -0.4 is 4.74 Å². The minimum absolute atomic E-state index is 0.509. The second-order valence-corrected chi connectivity index (χ2v) is 4.98. The van der Waals surface area contributed by atoms with Crippen LogP contribution in [0, 0.1) is 0 Å². The van der Waals surface area contributed by atoms with E-state index in [-0.39, 0.29) is 0 Å². The van der Waals surface area contributed by atoms with Gasteiger partial charge in [0.2, 0.25) is 0 Å². The first kappa shape index (κ1) is 12.9. The summed E-state index contributed by atoms with van der Waals surface area (Å²) < 4.78 is 31.7. The third-order valence-corrected chi connectivity index (χ3v) is 3.87. The second-order valence-electron chi connectivity index (χ2n) is 3.21. The largest absolute Gasteiger partial charge is 0.496 e. The lowest BCUT2D eigenvalue weighted by atomic mass is 10.1. The Morgan fingerprint density at radius 1 is 1.40 bits per heavy atom. The van der Waals surface area contributed by atoms with Crippen LogP contribution in [-0.2, 0) is 0 Å². The van der Waals surface area contributed by atoms with Gasteiger partial charge in [0, 0.05) is 6.92 Å². The summed E-state index contributed by atoms with van der Waals surface area (Å²) in [4.78, 5) is -0.993. The normalized spacial score (nSPS) is 13.7. The molecular weight excluding hydrogens is 334 g/mol. The molecule has 0 bridgehead atoms. The number of benzene rings is 1. The number of methoxy groups -OCH3 is 1. The quantitative estimate of drug-likeness (QED) is 0.731. The van der Waals surface area contributed by atoms with Crippen molar-refractivity contribution in [3.05, 3.63) is 28.2 Å². The van der Waals surface area contributed by atoms with E-state index in [4.69, 9.17) is 4.74 Å². The third kappa shape index (κ3) is 3.14. The number of alkyl halides is 3. The molecule has 0 saturated heterocycles. The molecule has 0 aliphatic heterocycles. The van der Waals surface area contributed by atoms with E-state index in [1.807, 2.05) is 0 Å². The first-order valence-corrected chi connectivity index (χ1v) is 5.92. The van der Waals surface area contributed by atoms with E-state index >= 15 is 0 Å². The Morgan fingerprint density at radius 3 is 2.40 bits per heavy atom. The van der Waals surface area contributed by atoms with Gasteiger partial charge in [-0.15, -0.1) is 0 Å². The average molecular weight is 344 g/mol. The van der Waals surface area contributed by atoms with Crippen LogP contribution in [0.5, 0.6) is 5.75 Å². The Kier molecular flexibility index (Phi) is 4.12. The molecule has 1 rings (SSSR count). The van der Waals surface area contributed by atoms with Gasteiger partial charge in [0.15, 0.2) is 0 Å². The maximum absolute atomic E-state index is 13.0. The lowest BCUT2D eigenvalue weighted by Gasteiger charge is -2.18. The fourth-order valence-electron chi connectivity index (χ4n) is 1.13. The topological polar surface area (TPSA) is 9.23 Å². The maximum Gasteiger partial charge on any atom is 0.261 e. The first-order chi connectivity index (χ1) is 6.86. The molecule has 0 aromatic heterocycles. The van der Waals surface area contributed by atoms with E-state index < -0.39 is 10.7 Å². The Labute approximate surface area is 104 Å². The molecule has 0 spiro atoms. The van der Waals surface area contributed by atoms with Gasteiger partial charge in [-0.05, 0) is 33.6 Å². The van der Waals surface area contributed by atoms with Gasteiger partial charge < -0.3 is 4.74 Å². The Morgan fingerprint density at radius 2 is 2.00 bits per heavy atom. The Hall–Kier alpha value is -0.160. The van der Waals surface area contributed by atoms with E-state index in [2.05, 4.69) is 31.9 Å². The van der Waals surface area contributed by atoms with Crippen LogP contribution >= 0.6 is 31.9 Å². The summed E-state index contributed by atoms with van der Waals surface area (Å²) in [5.74, 6) is -2.17. The van der Waals surface area contributed by atoms with Crippen LogP contribution in [-0.4, -0.2) is 13.0 Å². The van der Waals surface area contributed by atoms with Crippen LogP contribution in [0.2, 0.25) is 0 Å². The van der Waals surface area contributed by atoms with Crippen LogP contribution in [0.1, 0.15) is 17.3 Å². The SMILES string of the molecule is COc1ccc(C(Br)C(C)(F)F)cc1Br. The van der Waals surface area contributed by atoms with Gasteiger partial charge in [-0.3, -0.25) is 0 Å². The van der Waals surface area contributed by atoms with Crippen LogP contribution in [0.15, 0.2) is 22.7 Å². The van der Waals surface area contributed by atoms with Crippen molar-refractivity contribution in [3.63, 3.8) is 0 Å². The van der Waals surface area contributed by atoms with Gasteiger partial charge in [-0.2, -0.15) is 0 Å². The monoisotopic (exact) mass is 342 g/mol. The zero-order chi connectivity index (χ0) is 11.6. The van der Waals surface area contributed by atoms with Gasteiger partial charge in [0.05, 0.1) is 11.6 Å². The number of ether oxygens (including phenoxy) is 1. The van der Waals surface area contributed by atoms with E-state index in [9.17, 15) is 8.78 Å². The molecule has 1 unspecified atom stereocenters. The van der Waals surface area contributed by atoms with Gasteiger partial charge in [-0.25, -0.2) is 8.78 Å². The minimum Gasteiger partial charge on any atom is -0.496 e. The standard InChI is InChI=1S/C10H10Br2F2O/c1-10(13,14)9(12)6-3-4-8(15-2)7(11)5-6/h3-5,9H,1-2H3. The summed E-state index contributed by atoms with van der Waals surface area (Å²) in [6.45, 7) is 0.880. The molecule has 0 radical (unpaired) electrons. The van der Waals surface area contributed by atoms with Crippen LogP contribution in [0.3, 0.4) is 0 Å². The molecule has 0 aliphatic rings. The van der Waals surface area contributed by atoms with Gasteiger partial charge in [0.25, 0.3) is 5.92 Å². The van der Waals surface area contributed by atoms with Crippen molar-refractivity contribution in [1.29, 1.82) is 0 Å². The molecule has 1 aromatic rings. The summed E-state index contributed by atoms with van der Waals surface area (Å²) in [6, 6.07) is 4.88. The molecular formula is C10H10Br2F2O. The summed E-state index contributed by atoms with van der Waals surface area (Å²) in [5.41, 5.74) is 0.509. The zero-order valence-corrected chi connectivity index (χ0v) is 11.4. The highest BCUT2D eigenvalue weighted by Gasteiger charge is 2.33. The molecule has 0 fully saturated rings. The summed E-state index contributed by atoms with van der Waals surface area (Å²) in [6.07, 6.45) is 0. The van der Waals surface area contributed by atoms with E-state index in [0.717, 1.165) is 6.92 Å². The van der Waals surface area contributed by atoms with E-state index in [1.165, 1.54) is 7.11 Å². The van der Waals surface area contributed by atoms with Crippen LogP contribution in [0.4, 0.5) is 8.78 Å². The number of hydrogen-bond donors (Lipinski definition) is 0. The molecule has 0 heterocycles. The molecule has 15 heavy (non-hydrogen) atoms. The zero-order valence-electron chi connectivity index (χ0n) is 8.23. The van der Waals surface area contributed by atoms with Gasteiger partial charge >= 0.3 is 0 Å². The van der Waals surface area contributed by atoms with Gasteiger partial charge in [0.1, 0.15) is 10.6 Å². The summed E-state index contributed by atoms with van der Waals surface area (Å²) >= 11 is 6.23. The molecule has 1 atom stereocenters. The summed E-state index contributed by atoms with van der Waals surface area (Å²) in [5, 5.41) is 0. The maximum atomic E-state index is 13.0. The molecule has 84 valence electrons. The second kappa shape index (κ2) is 4.78. The lowest BCUT2D eigenvalue weighted by Crippen LogP contribution is -2.16. The first-order valence-electron chi connectivity index (χ1n) is 4.21. The summed E-state index contributed by atoms with van der Waals surface area (Å²) in [7, 11) is 1.53. The highest BCUT2D eigenvalue weighted by Crippen LogP contribution is 2.40. The fraction of sp³-hybridized carbons (Fsp3) is 0.400. The molecule has 1 nitrogen and oxygen atoms in total. The van der Waals surface area contributed by atoms with Crippen molar-refractivity contribution in [1.82, 2.24) is 0 Å². The van der Waals surface area contributed by atoms with E-state index in [0.29, 0.717) is 15.8 Å². The predicted molar refractivity (Wildman–Crippen MR) is 63.0 cm³/mol. The molecule has 0 N–H and O–H groups in total. The van der Waals surface area contributed by atoms with Gasteiger partial charge in [-0.1, -0.05) is 22.0 Å². The van der Waals surface area contributed by atoms with Crippen molar-refractivity contribution in [2.24, 2.45) is 0 Å². The molecule has 0 aliphatic carbocycles. The van der Waals surface area contributed by atoms with Crippen molar-refractivity contribution in [2.45, 2.75) is 17.7 Å². The smallest absolute Gasteiger partial charge is 0.261 e. The average Bonchev–Trinajstić information content (AvgIpc) is 2.15. The Bertz CT molecular complexity index is 350. The number of halogens is 4. The van der Waals surface area contributed by atoms with Crippen molar-refractivity contribution >= 4 is 31.9 Å². The highest BCUT2D eigenvalue weighted by atomic mass is 79.9. The predicted octanol–water partition coefficient (Wildman–Crippen LogP) is 4.55. The molecule has 0 amide bonds. The fourth-order valence-corrected chi connectivity index (χ4v) is 1.98. The van der Waals surface area contributed by atoms with Crippen molar-refractivity contribution in [2.75, 3.05) is 7.11 Å². The molecule has 5 heteroatoms. The lowest BCUT2D eigenvalue weighted by molar-refractivity contribution is 0.0212. The molecule has 0 saturated carbocycles. The minimum atomic E-state index is -2.80. The third-order valence-electron chi connectivity index (χ3n) is 1.91. The highest BCUT2D eigenvalue weighted by molar-refractivity contribution is 9.10. The molecule has 1 aromatic carbocycles. The Balaban J connectivity index is 3.02. The number of rotatable bonds is 3. The van der Waals surface area contributed by atoms with Crippen LogP contribution in [0.25, 0.3) is 0 Å².